The third-order valence-electron chi connectivity index (χ3n) is 5.54. The molecule has 1 aliphatic heterocycles. The molecule has 0 saturated heterocycles. The summed E-state index contributed by atoms with van der Waals surface area (Å²) in [5, 5.41) is 1.37. The third-order valence-corrected chi connectivity index (χ3v) is 5.54. The second-order valence-electron chi connectivity index (χ2n) is 7.12. The van der Waals surface area contributed by atoms with Gasteiger partial charge in [-0.1, -0.05) is 55.6 Å². The topological polar surface area (TPSA) is 19.0 Å². The molecular formula is C26H30N2. The quantitative estimate of drug-likeness (QED) is 0.420. The minimum atomic E-state index is 0.912. The highest BCUT2D eigenvalue weighted by Gasteiger charge is 2.20. The predicted molar refractivity (Wildman–Crippen MR) is 121 cm³/mol. The standard InChI is InChI=1S/C15H16N2.C9H10.C2H4/c1-3-11(2)17-9-8-13-12-6-4-5-7-14(12)16-15(13)10-17;1-2-5-9-7-3-6-8(9)4-1;1-2/h3-7,16H,1-2,8-10H2;1-2,4-5H,3,6-7H2;1-2H2. The molecule has 0 bridgehead atoms. The van der Waals surface area contributed by atoms with Gasteiger partial charge in [0.25, 0.3) is 0 Å². The van der Waals surface area contributed by atoms with Gasteiger partial charge in [0.1, 0.15) is 0 Å². The van der Waals surface area contributed by atoms with Crippen LogP contribution in [0.15, 0.2) is 86.6 Å². The van der Waals surface area contributed by atoms with E-state index in [-0.39, 0.29) is 0 Å². The first-order chi connectivity index (χ1) is 13.8. The summed E-state index contributed by atoms with van der Waals surface area (Å²) in [5.41, 5.74) is 8.17. The molecule has 5 rings (SSSR count). The van der Waals surface area contributed by atoms with Crippen molar-refractivity contribution in [3.63, 3.8) is 0 Å². The zero-order chi connectivity index (χ0) is 19.9. The number of aromatic nitrogens is 1. The second-order valence-corrected chi connectivity index (χ2v) is 7.12. The van der Waals surface area contributed by atoms with Gasteiger partial charge in [0.15, 0.2) is 0 Å². The number of hydrogen-bond donors (Lipinski definition) is 1. The van der Waals surface area contributed by atoms with Gasteiger partial charge in [-0.25, -0.2) is 0 Å². The maximum atomic E-state index is 4.02. The molecule has 2 aliphatic rings. The van der Waals surface area contributed by atoms with E-state index in [1.165, 1.54) is 41.4 Å². The van der Waals surface area contributed by atoms with Crippen LogP contribution in [0.25, 0.3) is 10.9 Å². The lowest BCUT2D eigenvalue weighted by molar-refractivity contribution is 0.330. The third kappa shape index (κ3) is 4.12. The highest BCUT2D eigenvalue weighted by atomic mass is 15.1. The zero-order valence-corrected chi connectivity index (χ0v) is 16.7. The number of nitrogens with one attached hydrogen (secondary N) is 1. The first kappa shape index (κ1) is 19.8. The maximum absolute atomic E-state index is 4.02. The number of para-hydroxylation sites is 1. The minimum Gasteiger partial charge on any atom is -0.366 e. The number of rotatable bonds is 2. The Morgan fingerprint density at radius 3 is 2.25 bits per heavy atom. The van der Waals surface area contributed by atoms with E-state index in [0.717, 1.165) is 25.2 Å². The summed E-state index contributed by atoms with van der Waals surface area (Å²) in [5.74, 6) is 0. The normalized spacial score (nSPS) is 14.1. The molecule has 2 heterocycles. The van der Waals surface area contributed by atoms with Crippen molar-refractivity contribution in [1.29, 1.82) is 0 Å². The van der Waals surface area contributed by atoms with Gasteiger partial charge in [-0.05, 0) is 54.5 Å². The van der Waals surface area contributed by atoms with Gasteiger partial charge < -0.3 is 9.88 Å². The van der Waals surface area contributed by atoms with E-state index in [2.05, 4.69) is 84.7 Å². The van der Waals surface area contributed by atoms with Gasteiger partial charge in [0.2, 0.25) is 0 Å². The van der Waals surface area contributed by atoms with Crippen molar-refractivity contribution in [1.82, 2.24) is 9.88 Å². The molecule has 28 heavy (non-hydrogen) atoms. The molecule has 1 aromatic heterocycles. The van der Waals surface area contributed by atoms with E-state index < -0.39 is 0 Å². The Bertz CT molecular complexity index is 940. The summed E-state index contributed by atoms with van der Waals surface area (Å²) >= 11 is 0. The van der Waals surface area contributed by atoms with Gasteiger partial charge in [-0.2, -0.15) is 0 Å². The van der Waals surface area contributed by atoms with Crippen molar-refractivity contribution in [3.8, 4) is 0 Å². The molecule has 3 aromatic rings. The Morgan fingerprint density at radius 2 is 1.57 bits per heavy atom. The van der Waals surface area contributed by atoms with E-state index >= 15 is 0 Å². The number of hydrogen-bond acceptors (Lipinski definition) is 1. The summed E-state index contributed by atoms with van der Waals surface area (Å²) in [6, 6.07) is 17.2. The molecule has 2 nitrogen and oxygen atoms in total. The number of H-pyrrole nitrogens is 1. The molecule has 1 N–H and O–H groups in total. The van der Waals surface area contributed by atoms with Crippen LogP contribution in [0, 0.1) is 0 Å². The van der Waals surface area contributed by atoms with Crippen LogP contribution in [0.4, 0.5) is 0 Å². The van der Waals surface area contributed by atoms with Crippen LogP contribution >= 0.6 is 0 Å². The van der Waals surface area contributed by atoms with Crippen molar-refractivity contribution in [3.05, 3.63) is 109 Å². The SMILES string of the molecule is C=C.C=CC(=C)N1CCc2c([nH]c3ccccc23)C1.c1ccc2c(c1)CCC2. The lowest BCUT2D eigenvalue weighted by Gasteiger charge is -2.29. The fourth-order valence-electron chi connectivity index (χ4n) is 4.08. The molecule has 0 fully saturated rings. The number of aromatic amines is 1. The zero-order valence-electron chi connectivity index (χ0n) is 16.7. The average Bonchev–Trinajstić information content (AvgIpc) is 3.39. The number of nitrogens with zero attached hydrogens (tertiary/aromatic N) is 1. The van der Waals surface area contributed by atoms with E-state index in [1.54, 1.807) is 11.1 Å². The van der Waals surface area contributed by atoms with Crippen molar-refractivity contribution >= 4 is 10.9 Å². The highest BCUT2D eigenvalue weighted by molar-refractivity contribution is 5.84. The lowest BCUT2D eigenvalue weighted by Crippen LogP contribution is -2.28. The molecule has 1 aliphatic carbocycles. The highest BCUT2D eigenvalue weighted by Crippen LogP contribution is 2.28. The van der Waals surface area contributed by atoms with Crippen LogP contribution in [-0.2, 0) is 25.8 Å². The molecule has 0 amide bonds. The van der Waals surface area contributed by atoms with E-state index in [4.69, 9.17) is 0 Å². The Kier molecular flexibility index (Phi) is 6.54. The van der Waals surface area contributed by atoms with Gasteiger partial charge in [-0.15, -0.1) is 13.2 Å². The minimum absolute atomic E-state index is 0.912. The molecule has 0 unspecified atom stereocenters. The molecule has 0 spiro atoms. The van der Waals surface area contributed by atoms with Crippen molar-refractivity contribution in [2.75, 3.05) is 6.54 Å². The van der Waals surface area contributed by atoms with E-state index in [1.807, 2.05) is 6.08 Å². The second kappa shape index (κ2) is 9.27. The summed E-state index contributed by atoms with van der Waals surface area (Å²) in [6.45, 7) is 15.7. The smallest absolute Gasteiger partial charge is 0.0582 e. The Morgan fingerprint density at radius 1 is 0.929 bits per heavy atom. The van der Waals surface area contributed by atoms with E-state index in [9.17, 15) is 0 Å². The average molecular weight is 371 g/mol. The summed E-state index contributed by atoms with van der Waals surface area (Å²) < 4.78 is 0. The van der Waals surface area contributed by atoms with Crippen molar-refractivity contribution in [2.45, 2.75) is 32.2 Å². The van der Waals surface area contributed by atoms with Crippen LogP contribution in [0.5, 0.6) is 0 Å². The van der Waals surface area contributed by atoms with Crippen molar-refractivity contribution in [2.24, 2.45) is 0 Å². The van der Waals surface area contributed by atoms with Gasteiger partial charge >= 0.3 is 0 Å². The van der Waals surface area contributed by atoms with Crippen LogP contribution in [0.2, 0.25) is 0 Å². The molecule has 144 valence electrons. The fraction of sp³-hybridized carbons (Fsp3) is 0.231. The maximum Gasteiger partial charge on any atom is 0.0582 e. The lowest BCUT2D eigenvalue weighted by atomic mass is 10.0. The van der Waals surface area contributed by atoms with E-state index in [0.29, 0.717) is 0 Å². The van der Waals surface area contributed by atoms with Crippen LogP contribution in [-0.4, -0.2) is 16.4 Å². The van der Waals surface area contributed by atoms with Crippen molar-refractivity contribution < 1.29 is 0 Å². The number of fused-ring (bicyclic) bond motifs is 4. The van der Waals surface area contributed by atoms with Gasteiger partial charge in [0, 0.05) is 28.8 Å². The number of benzene rings is 2. The number of allylic oxidation sites excluding steroid dienone is 1. The van der Waals surface area contributed by atoms with Crippen LogP contribution in [0.1, 0.15) is 28.8 Å². The Labute approximate surface area is 168 Å². The van der Waals surface area contributed by atoms with Gasteiger partial charge in [0.05, 0.1) is 6.54 Å². The molecular weight excluding hydrogens is 340 g/mol. The van der Waals surface area contributed by atoms with Crippen LogP contribution < -0.4 is 0 Å². The summed E-state index contributed by atoms with van der Waals surface area (Å²) in [4.78, 5) is 5.78. The Balaban J connectivity index is 0.000000172. The molecule has 0 saturated carbocycles. The molecule has 2 aromatic carbocycles. The van der Waals surface area contributed by atoms with Crippen LogP contribution in [0.3, 0.4) is 0 Å². The number of aryl methyl sites for hydroxylation is 2. The molecule has 0 radical (unpaired) electrons. The monoisotopic (exact) mass is 370 g/mol. The Hall–Kier alpha value is -3.00. The van der Waals surface area contributed by atoms with Gasteiger partial charge in [-0.3, -0.25) is 0 Å². The molecule has 2 heteroatoms. The fourth-order valence-corrected chi connectivity index (χ4v) is 4.08. The summed E-state index contributed by atoms with van der Waals surface area (Å²) in [6.07, 6.45) is 6.87. The first-order valence-corrected chi connectivity index (χ1v) is 9.98. The predicted octanol–water partition coefficient (Wildman–Crippen LogP) is 6.20. The largest absolute Gasteiger partial charge is 0.366 e. The first-order valence-electron chi connectivity index (χ1n) is 9.98. The molecule has 0 atom stereocenters. The summed E-state index contributed by atoms with van der Waals surface area (Å²) in [7, 11) is 0.